The minimum Gasteiger partial charge on any atom is -0.462 e. The van der Waals surface area contributed by atoms with Crippen molar-refractivity contribution in [3.63, 3.8) is 0 Å². The summed E-state index contributed by atoms with van der Waals surface area (Å²) in [7, 11) is 0. The van der Waals surface area contributed by atoms with Gasteiger partial charge in [-0.1, -0.05) is 253 Å². The molecule has 388 valence electrons. The van der Waals surface area contributed by atoms with Crippen LogP contribution in [0.3, 0.4) is 0 Å². The zero-order valence-electron chi connectivity index (χ0n) is 44.3. The first-order chi connectivity index (χ1) is 33.5. The molecule has 68 heavy (non-hydrogen) atoms. The Bertz CT molecular complexity index is 1360. The van der Waals surface area contributed by atoms with Crippen LogP contribution >= 0.6 is 0 Å². The normalized spacial score (nSPS) is 12.8. The summed E-state index contributed by atoms with van der Waals surface area (Å²) < 4.78 is 16.7. The van der Waals surface area contributed by atoms with Gasteiger partial charge in [-0.05, 0) is 83.5 Å². The van der Waals surface area contributed by atoms with Crippen molar-refractivity contribution in [3.8, 4) is 0 Å². The maximum atomic E-state index is 12.8. The molecule has 0 bridgehead atoms. The summed E-state index contributed by atoms with van der Waals surface area (Å²) in [5.74, 6) is -0.914. The highest BCUT2D eigenvalue weighted by molar-refractivity contribution is 5.71. The fraction of sp³-hybridized carbons (Fsp3) is 0.694. The van der Waals surface area contributed by atoms with E-state index < -0.39 is 6.10 Å². The van der Waals surface area contributed by atoms with Gasteiger partial charge in [0.05, 0.1) is 0 Å². The lowest BCUT2D eigenvalue weighted by molar-refractivity contribution is -0.167. The van der Waals surface area contributed by atoms with Crippen LogP contribution in [-0.2, 0) is 28.6 Å². The molecule has 0 aliphatic carbocycles. The van der Waals surface area contributed by atoms with Gasteiger partial charge < -0.3 is 14.2 Å². The Labute approximate surface area is 419 Å². The van der Waals surface area contributed by atoms with Crippen LogP contribution in [0.4, 0.5) is 0 Å². The van der Waals surface area contributed by atoms with E-state index in [4.69, 9.17) is 14.2 Å². The number of esters is 3. The SMILES string of the molecule is CC/C=C\C/C=C\C/C=C\C/C=C\C/C=C\C/C=C\C/C=C\C/C=C\CCCCCCC(=O)OCC(COC(=O)CCCCCCCCC)OC(=O)CCCCCCCCCCCCCCCC. The molecule has 0 heterocycles. The molecule has 6 nitrogen and oxygen atoms in total. The average Bonchev–Trinajstić information content (AvgIpc) is 3.34. The van der Waals surface area contributed by atoms with E-state index in [0.717, 1.165) is 122 Å². The van der Waals surface area contributed by atoms with Gasteiger partial charge in [-0.25, -0.2) is 0 Å². The molecule has 0 aromatic heterocycles. The summed E-state index contributed by atoms with van der Waals surface area (Å²) in [4.78, 5) is 37.9. The second-order valence-electron chi connectivity index (χ2n) is 18.5. The number of ether oxygens (including phenoxy) is 3. The molecule has 0 aliphatic heterocycles. The first-order valence-electron chi connectivity index (χ1n) is 28.2. The molecule has 0 radical (unpaired) electrons. The van der Waals surface area contributed by atoms with Gasteiger partial charge >= 0.3 is 17.9 Å². The number of hydrogen-bond donors (Lipinski definition) is 0. The minimum absolute atomic E-state index is 0.0835. The van der Waals surface area contributed by atoms with Crippen LogP contribution in [0.1, 0.15) is 258 Å². The van der Waals surface area contributed by atoms with Gasteiger partial charge in [0.2, 0.25) is 0 Å². The van der Waals surface area contributed by atoms with Crippen molar-refractivity contribution >= 4 is 17.9 Å². The lowest BCUT2D eigenvalue weighted by Gasteiger charge is -2.18. The zero-order chi connectivity index (χ0) is 49.3. The van der Waals surface area contributed by atoms with Crippen LogP contribution < -0.4 is 0 Å². The Hall–Kier alpha value is -3.67. The molecule has 0 amide bonds. The molecule has 6 heteroatoms. The van der Waals surface area contributed by atoms with Crippen molar-refractivity contribution in [2.45, 2.75) is 264 Å². The topological polar surface area (TPSA) is 78.9 Å². The molecule has 0 spiro atoms. The number of carbonyl (C=O) groups excluding carboxylic acids is 3. The van der Waals surface area contributed by atoms with Crippen LogP contribution in [0.2, 0.25) is 0 Å². The van der Waals surface area contributed by atoms with Crippen LogP contribution in [-0.4, -0.2) is 37.2 Å². The Balaban J connectivity index is 4.23. The lowest BCUT2D eigenvalue weighted by Crippen LogP contribution is -2.30. The van der Waals surface area contributed by atoms with Crippen LogP contribution in [0.5, 0.6) is 0 Å². The third-order valence-electron chi connectivity index (χ3n) is 11.9. The van der Waals surface area contributed by atoms with Crippen LogP contribution in [0, 0.1) is 0 Å². The fourth-order valence-electron chi connectivity index (χ4n) is 7.63. The Kier molecular flexibility index (Phi) is 52.9. The molecular weight excluding hydrogens is 841 g/mol. The van der Waals surface area contributed by atoms with Gasteiger partial charge in [0.15, 0.2) is 6.10 Å². The Morgan fingerprint density at radius 2 is 0.574 bits per heavy atom. The van der Waals surface area contributed by atoms with Crippen molar-refractivity contribution in [3.05, 3.63) is 97.2 Å². The molecule has 0 N–H and O–H groups in total. The highest BCUT2D eigenvalue weighted by Crippen LogP contribution is 2.15. The summed E-state index contributed by atoms with van der Waals surface area (Å²) >= 11 is 0. The summed E-state index contributed by atoms with van der Waals surface area (Å²) in [6.07, 6.45) is 74.2. The standard InChI is InChI=1S/C62H104O6/c1-4-7-10-13-16-18-20-22-24-25-26-27-28-29-30-31-32-33-34-35-36-37-38-40-41-43-46-49-52-55-61(64)67-58-59(57-66-60(63)54-51-48-45-15-12-9-6-3)68-62(65)56-53-50-47-44-42-39-23-21-19-17-14-11-8-5-2/h7,10,16,18,22,24,26-27,29-30,32-33,35-36,38,40,59H,4-6,8-9,11-15,17,19-21,23,25,28,31,34,37,39,41-58H2,1-3H3/b10-7-,18-16-,24-22-,27-26-,30-29-,33-32-,36-35-,40-38-. The maximum Gasteiger partial charge on any atom is 0.306 e. The van der Waals surface area contributed by atoms with Crippen molar-refractivity contribution in [2.24, 2.45) is 0 Å². The zero-order valence-corrected chi connectivity index (χ0v) is 44.3. The third-order valence-corrected chi connectivity index (χ3v) is 11.9. The number of carbonyl (C=O) groups is 3. The van der Waals surface area contributed by atoms with Crippen LogP contribution in [0.25, 0.3) is 0 Å². The summed E-state index contributed by atoms with van der Waals surface area (Å²) in [5, 5.41) is 0. The predicted octanol–water partition coefficient (Wildman–Crippen LogP) is 18.9. The molecule has 0 rings (SSSR count). The minimum atomic E-state index is -0.783. The molecule has 0 saturated carbocycles. The van der Waals surface area contributed by atoms with Crippen molar-refractivity contribution in [1.29, 1.82) is 0 Å². The molecule has 0 aromatic rings. The first kappa shape index (κ1) is 64.3. The Morgan fingerprint density at radius 1 is 0.309 bits per heavy atom. The van der Waals surface area contributed by atoms with E-state index in [1.807, 2.05) is 0 Å². The highest BCUT2D eigenvalue weighted by atomic mass is 16.6. The summed E-state index contributed by atoms with van der Waals surface area (Å²) in [5.41, 5.74) is 0. The van der Waals surface area contributed by atoms with Gasteiger partial charge in [0.25, 0.3) is 0 Å². The van der Waals surface area contributed by atoms with E-state index >= 15 is 0 Å². The second kappa shape index (κ2) is 55.9. The monoisotopic (exact) mass is 945 g/mol. The van der Waals surface area contributed by atoms with E-state index in [9.17, 15) is 14.4 Å². The molecule has 1 atom stereocenters. The molecular formula is C62H104O6. The number of hydrogen-bond acceptors (Lipinski definition) is 6. The van der Waals surface area contributed by atoms with Gasteiger partial charge in [-0.2, -0.15) is 0 Å². The van der Waals surface area contributed by atoms with Gasteiger partial charge in [-0.3, -0.25) is 14.4 Å². The predicted molar refractivity (Wildman–Crippen MR) is 293 cm³/mol. The van der Waals surface area contributed by atoms with Crippen molar-refractivity contribution in [2.75, 3.05) is 13.2 Å². The van der Waals surface area contributed by atoms with E-state index in [0.29, 0.717) is 19.3 Å². The molecule has 0 saturated heterocycles. The van der Waals surface area contributed by atoms with Crippen molar-refractivity contribution < 1.29 is 28.6 Å². The molecule has 0 aliphatic rings. The lowest BCUT2D eigenvalue weighted by atomic mass is 10.0. The summed E-state index contributed by atoms with van der Waals surface area (Å²) in [6.45, 7) is 6.46. The number of rotatable bonds is 50. The second-order valence-corrected chi connectivity index (χ2v) is 18.5. The molecule has 0 aromatic carbocycles. The maximum absolute atomic E-state index is 12.8. The summed E-state index contributed by atoms with van der Waals surface area (Å²) in [6, 6.07) is 0. The first-order valence-corrected chi connectivity index (χ1v) is 28.2. The fourth-order valence-corrected chi connectivity index (χ4v) is 7.63. The van der Waals surface area contributed by atoms with E-state index in [2.05, 4.69) is 118 Å². The van der Waals surface area contributed by atoms with Gasteiger partial charge in [0.1, 0.15) is 13.2 Å². The highest BCUT2D eigenvalue weighted by Gasteiger charge is 2.19. The van der Waals surface area contributed by atoms with Gasteiger partial charge in [0, 0.05) is 19.3 Å². The molecule has 1 unspecified atom stereocenters. The molecule has 0 fully saturated rings. The van der Waals surface area contributed by atoms with E-state index in [1.165, 1.54) is 96.3 Å². The van der Waals surface area contributed by atoms with Crippen LogP contribution in [0.15, 0.2) is 97.2 Å². The number of allylic oxidation sites excluding steroid dienone is 16. The quantitative estimate of drug-likeness (QED) is 0.0262. The largest absolute Gasteiger partial charge is 0.462 e. The van der Waals surface area contributed by atoms with E-state index in [-0.39, 0.29) is 31.1 Å². The van der Waals surface area contributed by atoms with Gasteiger partial charge in [-0.15, -0.1) is 0 Å². The number of unbranched alkanes of at least 4 members (excludes halogenated alkanes) is 23. The van der Waals surface area contributed by atoms with E-state index in [1.54, 1.807) is 0 Å². The average molecular weight is 946 g/mol. The third kappa shape index (κ3) is 53.3. The smallest absolute Gasteiger partial charge is 0.306 e. The Morgan fingerprint density at radius 3 is 0.897 bits per heavy atom. The van der Waals surface area contributed by atoms with Crippen molar-refractivity contribution in [1.82, 2.24) is 0 Å².